The van der Waals surface area contributed by atoms with Gasteiger partial charge in [-0.2, -0.15) is 0 Å². The number of fused-ring (bicyclic) bond motifs is 2. The molecule has 2 fully saturated rings. The van der Waals surface area contributed by atoms with Gasteiger partial charge in [0.2, 0.25) is 6.79 Å². The van der Waals surface area contributed by atoms with E-state index in [4.69, 9.17) is 25.8 Å². The summed E-state index contributed by atoms with van der Waals surface area (Å²) in [5.41, 5.74) is 0.251. The molecule has 6 nitrogen and oxygen atoms in total. The number of halogens is 1. The molecule has 4 rings (SSSR count). The standard InChI is InChI=1S/C19H22ClNO5/c20-14-8-13(9-16-18(14)26-11-25-16)19(23)24-10-17(22)21-7-3-5-12-4-1-2-6-15(12)21/h8-9,12,15H,1-7,10-11H2/t12-,15-/m0/s1. The van der Waals surface area contributed by atoms with Gasteiger partial charge >= 0.3 is 5.97 Å². The lowest BCUT2D eigenvalue weighted by Crippen LogP contribution is -2.50. The molecule has 2 aliphatic heterocycles. The second kappa shape index (κ2) is 7.35. The summed E-state index contributed by atoms with van der Waals surface area (Å²) in [7, 11) is 0. The summed E-state index contributed by atoms with van der Waals surface area (Å²) in [6.07, 6.45) is 6.90. The van der Waals surface area contributed by atoms with Crippen molar-refractivity contribution in [1.29, 1.82) is 0 Å². The number of likely N-dealkylation sites (tertiary alicyclic amines) is 1. The van der Waals surface area contributed by atoms with Crippen LogP contribution < -0.4 is 9.47 Å². The minimum atomic E-state index is -0.587. The van der Waals surface area contributed by atoms with Crippen molar-refractivity contribution in [2.75, 3.05) is 19.9 Å². The summed E-state index contributed by atoms with van der Waals surface area (Å²) in [4.78, 5) is 26.9. The van der Waals surface area contributed by atoms with E-state index in [1.807, 2.05) is 4.90 Å². The quantitative estimate of drug-likeness (QED) is 0.753. The van der Waals surface area contributed by atoms with E-state index in [0.717, 1.165) is 19.4 Å². The van der Waals surface area contributed by atoms with Crippen LogP contribution in [0.1, 0.15) is 48.9 Å². The maximum atomic E-state index is 12.6. The zero-order chi connectivity index (χ0) is 18.1. The minimum absolute atomic E-state index is 0.0730. The van der Waals surface area contributed by atoms with Gasteiger partial charge in [-0.25, -0.2) is 4.79 Å². The van der Waals surface area contributed by atoms with E-state index >= 15 is 0 Å². The van der Waals surface area contributed by atoms with Crippen LogP contribution in [0.4, 0.5) is 0 Å². The Bertz CT molecular complexity index is 720. The van der Waals surface area contributed by atoms with Gasteiger partial charge in [-0.3, -0.25) is 4.79 Å². The topological polar surface area (TPSA) is 65.1 Å². The molecule has 0 unspecified atom stereocenters. The predicted molar refractivity (Wildman–Crippen MR) is 94.6 cm³/mol. The number of ether oxygens (including phenoxy) is 3. The first-order valence-electron chi connectivity index (χ1n) is 9.19. The fourth-order valence-corrected chi connectivity index (χ4v) is 4.58. The third kappa shape index (κ3) is 3.34. The van der Waals surface area contributed by atoms with Crippen LogP contribution >= 0.6 is 11.6 Å². The van der Waals surface area contributed by atoms with Gasteiger partial charge in [0.1, 0.15) is 0 Å². The highest BCUT2D eigenvalue weighted by atomic mass is 35.5. The van der Waals surface area contributed by atoms with Crippen molar-refractivity contribution in [3.63, 3.8) is 0 Å². The first kappa shape index (κ1) is 17.5. The van der Waals surface area contributed by atoms with Gasteiger partial charge in [-0.1, -0.05) is 24.4 Å². The first-order chi connectivity index (χ1) is 12.6. The Hall–Kier alpha value is -1.95. The highest BCUT2D eigenvalue weighted by Gasteiger charge is 2.35. The Morgan fingerprint density at radius 2 is 1.96 bits per heavy atom. The van der Waals surface area contributed by atoms with Crippen molar-refractivity contribution in [3.8, 4) is 11.5 Å². The van der Waals surface area contributed by atoms with E-state index in [1.165, 1.54) is 37.8 Å². The molecular formula is C19H22ClNO5. The number of carbonyl (C=O) groups is 2. The molecule has 1 amide bonds. The van der Waals surface area contributed by atoms with E-state index in [2.05, 4.69) is 0 Å². The SMILES string of the molecule is O=C(OCC(=O)N1CCC[C@@H]2CCCC[C@@H]21)c1cc(Cl)c2c(c1)OCO2. The zero-order valence-corrected chi connectivity index (χ0v) is 15.3. The number of carbonyl (C=O) groups excluding carboxylic acids is 2. The normalized spacial score (nSPS) is 24.1. The van der Waals surface area contributed by atoms with Crippen LogP contribution in [0.15, 0.2) is 12.1 Å². The van der Waals surface area contributed by atoms with E-state index < -0.39 is 5.97 Å². The van der Waals surface area contributed by atoms with Gasteiger partial charge in [0.15, 0.2) is 18.1 Å². The molecule has 140 valence electrons. The molecule has 2 atom stereocenters. The van der Waals surface area contributed by atoms with Gasteiger partial charge in [0.25, 0.3) is 5.91 Å². The Morgan fingerprint density at radius 1 is 1.15 bits per heavy atom. The molecule has 1 aliphatic carbocycles. The highest BCUT2D eigenvalue weighted by molar-refractivity contribution is 6.32. The molecule has 1 aromatic carbocycles. The lowest BCUT2D eigenvalue weighted by Gasteiger charge is -2.44. The number of amides is 1. The molecule has 26 heavy (non-hydrogen) atoms. The summed E-state index contributed by atoms with van der Waals surface area (Å²) in [5.74, 6) is 0.746. The molecule has 0 radical (unpaired) electrons. The lowest BCUT2D eigenvalue weighted by molar-refractivity contribution is -0.140. The monoisotopic (exact) mass is 379 g/mol. The van der Waals surface area contributed by atoms with E-state index in [9.17, 15) is 9.59 Å². The van der Waals surface area contributed by atoms with Gasteiger partial charge in [0, 0.05) is 12.6 Å². The molecule has 0 N–H and O–H groups in total. The Labute approximate surface area is 157 Å². The molecule has 0 aromatic heterocycles. The summed E-state index contributed by atoms with van der Waals surface area (Å²) in [6.45, 7) is 0.588. The number of hydrogen-bond donors (Lipinski definition) is 0. The van der Waals surface area contributed by atoms with Gasteiger partial charge in [-0.05, 0) is 43.7 Å². The minimum Gasteiger partial charge on any atom is -0.454 e. The molecule has 1 saturated heterocycles. The number of benzene rings is 1. The van der Waals surface area contributed by atoms with Crippen LogP contribution in [0.2, 0.25) is 5.02 Å². The Balaban J connectivity index is 1.38. The van der Waals surface area contributed by atoms with Crippen LogP contribution in [-0.2, 0) is 9.53 Å². The van der Waals surface area contributed by atoms with Crippen molar-refractivity contribution in [1.82, 2.24) is 4.90 Å². The maximum absolute atomic E-state index is 12.6. The van der Waals surface area contributed by atoms with Crippen molar-refractivity contribution >= 4 is 23.5 Å². The second-order valence-electron chi connectivity index (χ2n) is 7.11. The van der Waals surface area contributed by atoms with Crippen molar-refractivity contribution < 1.29 is 23.8 Å². The van der Waals surface area contributed by atoms with E-state index in [-0.39, 0.29) is 24.9 Å². The number of hydrogen-bond acceptors (Lipinski definition) is 5. The third-order valence-corrected chi connectivity index (χ3v) is 5.83. The molecular weight excluding hydrogens is 358 g/mol. The fraction of sp³-hybridized carbons (Fsp3) is 0.579. The van der Waals surface area contributed by atoms with E-state index in [1.54, 1.807) is 0 Å². The summed E-state index contributed by atoms with van der Waals surface area (Å²) < 4.78 is 15.7. The second-order valence-corrected chi connectivity index (χ2v) is 7.52. The first-order valence-corrected chi connectivity index (χ1v) is 9.57. The summed E-state index contributed by atoms with van der Waals surface area (Å²) in [6, 6.07) is 3.31. The molecule has 0 bridgehead atoms. The molecule has 0 spiro atoms. The van der Waals surface area contributed by atoms with Crippen LogP contribution in [0.25, 0.3) is 0 Å². The number of esters is 1. The molecule has 2 heterocycles. The van der Waals surface area contributed by atoms with Crippen LogP contribution in [0.3, 0.4) is 0 Å². The van der Waals surface area contributed by atoms with Crippen LogP contribution in [-0.4, -0.2) is 42.8 Å². The molecule has 3 aliphatic rings. The third-order valence-electron chi connectivity index (χ3n) is 5.55. The van der Waals surface area contributed by atoms with Crippen molar-refractivity contribution in [2.24, 2.45) is 5.92 Å². The van der Waals surface area contributed by atoms with Crippen molar-refractivity contribution in [3.05, 3.63) is 22.7 Å². The predicted octanol–water partition coefficient (Wildman–Crippen LogP) is 3.41. The molecule has 7 heteroatoms. The zero-order valence-electron chi connectivity index (χ0n) is 14.5. The molecule has 1 aromatic rings. The average Bonchev–Trinajstić information content (AvgIpc) is 3.14. The van der Waals surface area contributed by atoms with Gasteiger partial charge in [0.05, 0.1) is 10.6 Å². The number of rotatable bonds is 3. The Kier molecular flexibility index (Phi) is 4.94. The molecule has 1 saturated carbocycles. The summed E-state index contributed by atoms with van der Waals surface area (Å²) in [5, 5.41) is 0.291. The number of nitrogens with zero attached hydrogens (tertiary/aromatic N) is 1. The lowest BCUT2D eigenvalue weighted by atomic mass is 9.78. The number of piperidine rings is 1. The average molecular weight is 380 g/mol. The van der Waals surface area contributed by atoms with Crippen LogP contribution in [0.5, 0.6) is 11.5 Å². The van der Waals surface area contributed by atoms with Gasteiger partial charge < -0.3 is 19.1 Å². The Morgan fingerprint density at radius 3 is 2.85 bits per heavy atom. The van der Waals surface area contributed by atoms with Crippen molar-refractivity contribution in [2.45, 2.75) is 44.6 Å². The fourth-order valence-electron chi connectivity index (χ4n) is 4.31. The smallest absolute Gasteiger partial charge is 0.338 e. The maximum Gasteiger partial charge on any atom is 0.338 e. The van der Waals surface area contributed by atoms with E-state index in [0.29, 0.717) is 28.5 Å². The highest BCUT2D eigenvalue weighted by Crippen LogP contribution is 2.40. The summed E-state index contributed by atoms with van der Waals surface area (Å²) >= 11 is 6.09. The largest absolute Gasteiger partial charge is 0.454 e. The van der Waals surface area contributed by atoms with Crippen LogP contribution in [0, 0.1) is 5.92 Å². The van der Waals surface area contributed by atoms with Gasteiger partial charge in [-0.15, -0.1) is 0 Å².